The van der Waals surface area contributed by atoms with Crippen molar-refractivity contribution < 1.29 is 18.7 Å². The summed E-state index contributed by atoms with van der Waals surface area (Å²) in [4.78, 5) is 18.0. The lowest BCUT2D eigenvalue weighted by Crippen LogP contribution is -2.30. The van der Waals surface area contributed by atoms with Gasteiger partial charge in [0.2, 0.25) is 5.88 Å². The van der Waals surface area contributed by atoms with Crippen LogP contribution in [-0.2, 0) is 4.74 Å². The molecule has 0 spiro atoms. The van der Waals surface area contributed by atoms with E-state index in [-0.39, 0.29) is 23.9 Å². The first-order valence-electron chi connectivity index (χ1n) is 8.85. The van der Waals surface area contributed by atoms with Gasteiger partial charge >= 0.3 is 6.09 Å². The fourth-order valence-corrected chi connectivity index (χ4v) is 3.18. The SMILES string of the molecule is O=C1OC(c2ccc(F)cc2)CN1CC1C=CC(Oc2ccccn2)=CC1. The highest BCUT2D eigenvalue weighted by Gasteiger charge is 2.33. The van der Waals surface area contributed by atoms with Crippen LogP contribution in [0.15, 0.2) is 72.6 Å². The minimum absolute atomic E-state index is 0.195. The van der Waals surface area contributed by atoms with Gasteiger partial charge in [-0.15, -0.1) is 0 Å². The molecule has 1 aromatic heterocycles. The molecule has 1 saturated heterocycles. The van der Waals surface area contributed by atoms with Gasteiger partial charge in [0.05, 0.1) is 6.54 Å². The van der Waals surface area contributed by atoms with Crippen LogP contribution in [0.1, 0.15) is 18.1 Å². The Morgan fingerprint density at radius 3 is 2.78 bits per heavy atom. The normalized spacial score (nSPS) is 21.7. The second-order valence-corrected chi connectivity index (χ2v) is 6.56. The lowest BCUT2D eigenvalue weighted by molar-refractivity contribution is 0.131. The van der Waals surface area contributed by atoms with Crippen molar-refractivity contribution in [3.05, 3.63) is 84.0 Å². The number of aromatic nitrogens is 1. The molecule has 6 heteroatoms. The molecule has 0 radical (unpaired) electrons. The number of carbonyl (C=O) groups excluding carboxylic acids is 1. The van der Waals surface area contributed by atoms with Crippen LogP contribution in [0.5, 0.6) is 5.88 Å². The molecule has 2 aromatic rings. The van der Waals surface area contributed by atoms with Gasteiger partial charge in [-0.25, -0.2) is 14.2 Å². The van der Waals surface area contributed by atoms with Crippen molar-refractivity contribution in [2.75, 3.05) is 13.1 Å². The average molecular weight is 366 g/mol. The Kier molecular flexibility index (Phi) is 4.87. The Morgan fingerprint density at radius 1 is 1.22 bits per heavy atom. The van der Waals surface area contributed by atoms with E-state index in [4.69, 9.17) is 9.47 Å². The first kappa shape index (κ1) is 17.3. The molecule has 27 heavy (non-hydrogen) atoms. The highest BCUT2D eigenvalue weighted by molar-refractivity contribution is 5.70. The number of rotatable bonds is 5. The van der Waals surface area contributed by atoms with E-state index in [9.17, 15) is 9.18 Å². The quantitative estimate of drug-likeness (QED) is 0.794. The maximum Gasteiger partial charge on any atom is 0.410 e. The van der Waals surface area contributed by atoms with Crippen LogP contribution in [0.4, 0.5) is 9.18 Å². The van der Waals surface area contributed by atoms with E-state index < -0.39 is 0 Å². The van der Waals surface area contributed by atoms with E-state index in [2.05, 4.69) is 4.98 Å². The van der Waals surface area contributed by atoms with Crippen LogP contribution >= 0.6 is 0 Å². The third-order valence-electron chi connectivity index (χ3n) is 4.60. The first-order valence-corrected chi connectivity index (χ1v) is 8.85. The van der Waals surface area contributed by atoms with Crippen LogP contribution in [0.2, 0.25) is 0 Å². The smallest absolute Gasteiger partial charge is 0.410 e. The van der Waals surface area contributed by atoms with E-state index in [0.717, 1.165) is 17.7 Å². The van der Waals surface area contributed by atoms with Crippen molar-refractivity contribution >= 4 is 6.09 Å². The third kappa shape index (κ3) is 4.16. The molecule has 2 unspecified atom stereocenters. The van der Waals surface area contributed by atoms with Crippen LogP contribution in [0, 0.1) is 11.7 Å². The Hall–Kier alpha value is -3.15. The lowest BCUT2D eigenvalue weighted by atomic mass is 9.99. The number of allylic oxidation sites excluding steroid dienone is 2. The molecule has 2 aliphatic rings. The van der Waals surface area contributed by atoms with Crippen molar-refractivity contribution in [2.45, 2.75) is 12.5 Å². The Labute approximate surface area is 156 Å². The standard InChI is InChI=1S/C21H19FN2O3/c22-17-8-6-16(7-9-17)19-14-24(21(25)27-19)13-15-4-10-18(11-5-15)26-20-3-1-2-12-23-20/h1-4,6-12,15,19H,5,13-14H2. The lowest BCUT2D eigenvalue weighted by Gasteiger charge is -2.21. The van der Waals surface area contributed by atoms with E-state index >= 15 is 0 Å². The van der Waals surface area contributed by atoms with Crippen LogP contribution in [0.25, 0.3) is 0 Å². The van der Waals surface area contributed by atoms with E-state index in [0.29, 0.717) is 19.0 Å². The Bertz CT molecular complexity index is 865. The van der Waals surface area contributed by atoms with E-state index in [1.807, 2.05) is 30.4 Å². The first-order chi connectivity index (χ1) is 13.2. The average Bonchev–Trinajstić information content (AvgIpc) is 3.05. The van der Waals surface area contributed by atoms with Gasteiger partial charge < -0.3 is 14.4 Å². The van der Waals surface area contributed by atoms with Gasteiger partial charge in [0.1, 0.15) is 17.7 Å². The summed E-state index contributed by atoms with van der Waals surface area (Å²) in [7, 11) is 0. The summed E-state index contributed by atoms with van der Waals surface area (Å²) in [5, 5.41) is 0. The van der Waals surface area contributed by atoms with Gasteiger partial charge in [-0.1, -0.05) is 24.3 Å². The minimum atomic E-state index is -0.357. The van der Waals surface area contributed by atoms with Gasteiger partial charge in [-0.2, -0.15) is 0 Å². The Morgan fingerprint density at radius 2 is 2.07 bits per heavy atom. The van der Waals surface area contributed by atoms with Gasteiger partial charge in [0.15, 0.2) is 0 Å². The number of nitrogens with zero attached hydrogens (tertiary/aromatic N) is 2. The highest BCUT2D eigenvalue weighted by atomic mass is 19.1. The second-order valence-electron chi connectivity index (χ2n) is 6.56. The molecule has 2 heterocycles. The summed E-state index contributed by atoms with van der Waals surface area (Å²) >= 11 is 0. The number of ether oxygens (including phenoxy) is 2. The largest absolute Gasteiger partial charge is 0.439 e. The van der Waals surface area contributed by atoms with Gasteiger partial charge in [0, 0.05) is 18.8 Å². The number of benzene rings is 1. The number of cyclic esters (lactones) is 1. The highest BCUT2D eigenvalue weighted by Crippen LogP contribution is 2.28. The van der Waals surface area contributed by atoms with E-state index in [1.165, 1.54) is 12.1 Å². The summed E-state index contributed by atoms with van der Waals surface area (Å²) < 4.78 is 24.2. The number of pyridine rings is 1. The number of hydrogen-bond acceptors (Lipinski definition) is 4. The molecule has 1 aromatic carbocycles. The molecule has 1 fully saturated rings. The maximum absolute atomic E-state index is 13.1. The topological polar surface area (TPSA) is 51.7 Å². The Balaban J connectivity index is 1.32. The maximum atomic E-state index is 13.1. The molecule has 1 aliphatic heterocycles. The molecule has 5 nitrogen and oxygen atoms in total. The predicted octanol–water partition coefficient (Wildman–Crippen LogP) is 4.25. The van der Waals surface area contributed by atoms with Crippen LogP contribution in [-0.4, -0.2) is 29.1 Å². The van der Waals surface area contributed by atoms with Crippen molar-refractivity contribution in [1.29, 1.82) is 0 Å². The van der Waals surface area contributed by atoms with Crippen molar-refractivity contribution in [1.82, 2.24) is 9.88 Å². The van der Waals surface area contributed by atoms with Gasteiger partial charge in [0.25, 0.3) is 0 Å². The van der Waals surface area contributed by atoms with Gasteiger partial charge in [-0.3, -0.25) is 0 Å². The molecular formula is C21H19FN2O3. The van der Waals surface area contributed by atoms with Crippen molar-refractivity contribution in [3.63, 3.8) is 0 Å². The zero-order valence-corrected chi connectivity index (χ0v) is 14.6. The molecule has 138 valence electrons. The minimum Gasteiger partial charge on any atom is -0.439 e. The van der Waals surface area contributed by atoms with Crippen LogP contribution < -0.4 is 4.74 Å². The molecular weight excluding hydrogens is 347 g/mol. The van der Waals surface area contributed by atoms with Crippen molar-refractivity contribution in [3.8, 4) is 5.88 Å². The predicted molar refractivity (Wildman–Crippen MR) is 97.4 cm³/mol. The second kappa shape index (κ2) is 7.61. The zero-order chi connectivity index (χ0) is 18.6. The molecule has 0 bridgehead atoms. The van der Waals surface area contributed by atoms with Crippen molar-refractivity contribution in [2.24, 2.45) is 5.92 Å². The molecule has 1 amide bonds. The molecule has 1 aliphatic carbocycles. The summed E-state index contributed by atoms with van der Waals surface area (Å²) in [5.41, 5.74) is 0.803. The molecule has 0 N–H and O–H groups in total. The molecule has 2 atom stereocenters. The zero-order valence-electron chi connectivity index (χ0n) is 14.6. The summed E-state index contributed by atoms with van der Waals surface area (Å²) in [6.45, 7) is 1.04. The van der Waals surface area contributed by atoms with Crippen LogP contribution in [0.3, 0.4) is 0 Å². The number of hydrogen-bond donors (Lipinski definition) is 0. The third-order valence-corrected chi connectivity index (χ3v) is 4.60. The number of halogens is 1. The van der Waals surface area contributed by atoms with E-state index in [1.54, 1.807) is 29.3 Å². The fourth-order valence-electron chi connectivity index (χ4n) is 3.18. The number of amides is 1. The molecule has 4 rings (SSSR count). The fraction of sp³-hybridized carbons (Fsp3) is 0.238. The number of carbonyl (C=O) groups is 1. The monoisotopic (exact) mass is 366 g/mol. The summed E-state index contributed by atoms with van der Waals surface area (Å²) in [5.74, 6) is 1.19. The molecule has 0 saturated carbocycles. The van der Waals surface area contributed by atoms with Gasteiger partial charge in [-0.05, 0) is 48.3 Å². The summed E-state index contributed by atoms with van der Waals surface area (Å²) in [6.07, 6.45) is 7.70. The summed E-state index contributed by atoms with van der Waals surface area (Å²) in [6, 6.07) is 11.6.